The van der Waals surface area contributed by atoms with Gasteiger partial charge in [0.2, 0.25) is 0 Å². The lowest BCUT2D eigenvalue weighted by Crippen LogP contribution is -2.16. The number of hydrogen-bond donors (Lipinski definition) is 2. The summed E-state index contributed by atoms with van der Waals surface area (Å²) >= 11 is 0. The fraction of sp³-hybridized carbons (Fsp3) is 0.148. The molecule has 4 aromatic rings. The second-order valence-electron chi connectivity index (χ2n) is 8.76. The molecule has 5 heteroatoms. The number of benzene rings is 4. The van der Waals surface area contributed by atoms with E-state index < -0.39 is 14.0 Å². The molecule has 0 aromatic heterocycles. The van der Waals surface area contributed by atoms with Gasteiger partial charge in [-0.1, -0.05) is 62.0 Å². The van der Waals surface area contributed by atoms with Crippen LogP contribution in [0.15, 0.2) is 60.7 Å². The average Bonchev–Trinajstić information content (AvgIpc) is 2.77. The summed E-state index contributed by atoms with van der Waals surface area (Å²) in [5, 5.41) is 25.4. The van der Waals surface area contributed by atoms with Gasteiger partial charge in [0.1, 0.15) is 19.6 Å². The molecule has 0 radical (unpaired) electrons. The summed E-state index contributed by atoms with van der Waals surface area (Å²) < 4.78 is 4.83. The van der Waals surface area contributed by atoms with Crippen molar-refractivity contribution in [2.75, 3.05) is 7.11 Å². The van der Waals surface area contributed by atoms with Gasteiger partial charge in [0.25, 0.3) is 0 Å². The predicted molar refractivity (Wildman–Crippen MR) is 132 cm³/mol. The van der Waals surface area contributed by atoms with Gasteiger partial charge in [0, 0.05) is 11.1 Å². The Morgan fingerprint density at radius 2 is 1.56 bits per heavy atom. The molecule has 0 unspecified atom stereocenters. The molecule has 0 saturated carbocycles. The first kappa shape index (κ1) is 21.5. The van der Waals surface area contributed by atoms with Crippen LogP contribution in [-0.4, -0.2) is 31.4 Å². The Kier molecular flexibility index (Phi) is 5.41. The van der Waals surface area contributed by atoms with E-state index in [0.29, 0.717) is 27.6 Å². The van der Waals surface area contributed by atoms with Crippen LogP contribution in [0, 0.1) is 11.5 Å². The van der Waals surface area contributed by atoms with Crippen LogP contribution >= 0.6 is 0 Å². The van der Waals surface area contributed by atoms with Crippen LogP contribution in [0.1, 0.15) is 15.9 Å². The molecular weight excluding hydrogens is 416 g/mol. The lowest BCUT2D eigenvalue weighted by Gasteiger charge is -2.16. The number of hydrogen-bond acceptors (Lipinski definition) is 4. The number of carbonyl (C=O) groups is 1. The molecule has 160 valence electrons. The van der Waals surface area contributed by atoms with Crippen molar-refractivity contribution in [2.24, 2.45) is 0 Å². The fourth-order valence-electron chi connectivity index (χ4n) is 3.77. The van der Waals surface area contributed by atoms with Crippen molar-refractivity contribution in [2.45, 2.75) is 19.6 Å². The number of rotatable bonds is 2. The Balaban J connectivity index is 2.08. The van der Waals surface area contributed by atoms with E-state index in [1.54, 1.807) is 30.3 Å². The van der Waals surface area contributed by atoms with Crippen LogP contribution in [0.5, 0.6) is 11.5 Å². The molecule has 32 heavy (non-hydrogen) atoms. The molecule has 4 rings (SSSR count). The molecule has 0 fully saturated rings. The van der Waals surface area contributed by atoms with Gasteiger partial charge < -0.3 is 14.9 Å². The standard InChI is InChI=1S/C27H24O4Si/c1-31-27(30)20-9-11-22-18(16-20)10-12-23(28)24(22)25-21-8-6-5-7-17(21)15-19(26(25)29)13-14-32(2,3)4/h5-12,15-16,28-29H,1-4H3. The molecule has 0 atom stereocenters. The molecule has 0 saturated heterocycles. The molecule has 4 nitrogen and oxygen atoms in total. The molecule has 4 aromatic carbocycles. The Labute approximate surface area is 188 Å². The van der Waals surface area contributed by atoms with E-state index in [-0.39, 0.29) is 11.5 Å². The normalized spacial score (nSPS) is 11.2. The van der Waals surface area contributed by atoms with Gasteiger partial charge in [-0.2, -0.15) is 0 Å². The van der Waals surface area contributed by atoms with Crippen LogP contribution in [0.2, 0.25) is 19.6 Å². The van der Waals surface area contributed by atoms with Crippen molar-refractivity contribution in [1.29, 1.82) is 0 Å². The highest BCUT2D eigenvalue weighted by atomic mass is 28.3. The van der Waals surface area contributed by atoms with Crippen LogP contribution in [0.25, 0.3) is 32.7 Å². The maximum atomic E-state index is 12.0. The average molecular weight is 441 g/mol. The first-order valence-electron chi connectivity index (χ1n) is 10.3. The second-order valence-corrected chi connectivity index (χ2v) is 13.5. The van der Waals surface area contributed by atoms with Crippen LogP contribution in [-0.2, 0) is 4.74 Å². The lowest BCUT2D eigenvalue weighted by molar-refractivity contribution is 0.0601. The van der Waals surface area contributed by atoms with Crippen molar-refractivity contribution in [3.63, 3.8) is 0 Å². The Hall–Kier alpha value is -3.75. The zero-order chi connectivity index (χ0) is 23.0. The van der Waals surface area contributed by atoms with E-state index in [2.05, 4.69) is 31.1 Å². The third-order valence-electron chi connectivity index (χ3n) is 5.26. The number of fused-ring (bicyclic) bond motifs is 2. The van der Waals surface area contributed by atoms with Crippen molar-refractivity contribution in [1.82, 2.24) is 0 Å². The van der Waals surface area contributed by atoms with Gasteiger partial charge in [-0.3, -0.25) is 0 Å². The number of ether oxygens (including phenoxy) is 1. The highest BCUT2D eigenvalue weighted by Crippen LogP contribution is 2.46. The first-order valence-corrected chi connectivity index (χ1v) is 13.8. The Bertz CT molecular complexity index is 1440. The Morgan fingerprint density at radius 3 is 2.28 bits per heavy atom. The zero-order valence-electron chi connectivity index (χ0n) is 18.5. The fourth-order valence-corrected chi connectivity index (χ4v) is 4.28. The molecular formula is C27H24O4Si. The van der Waals surface area contributed by atoms with E-state index in [9.17, 15) is 15.0 Å². The minimum absolute atomic E-state index is 0.0364. The highest BCUT2D eigenvalue weighted by molar-refractivity contribution is 6.83. The number of phenolic OH excluding ortho intramolecular Hbond substituents is 2. The number of esters is 1. The summed E-state index contributed by atoms with van der Waals surface area (Å²) in [4.78, 5) is 12.0. The van der Waals surface area contributed by atoms with Gasteiger partial charge in [-0.25, -0.2) is 4.79 Å². The molecule has 0 amide bonds. The number of methoxy groups -OCH3 is 1. The SMILES string of the molecule is COC(=O)c1ccc2c(-c3c(O)c(C#C[Si](C)(C)C)cc4ccccc34)c(O)ccc2c1. The van der Waals surface area contributed by atoms with Crippen molar-refractivity contribution in [3.8, 4) is 34.1 Å². The van der Waals surface area contributed by atoms with Crippen molar-refractivity contribution in [3.05, 3.63) is 71.8 Å². The first-order chi connectivity index (χ1) is 15.2. The number of carbonyl (C=O) groups excluding carboxylic acids is 1. The lowest BCUT2D eigenvalue weighted by atomic mass is 9.90. The van der Waals surface area contributed by atoms with Gasteiger partial charge in [0.15, 0.2) is 0 Å². The Morgan fingerprint density at radius 1 is 0.875 bits per heavy atom. The summed E-state index contributed by atoms with van der Waals surface area (Å²) in [6.45, 7) is 6.44. The van der Waals surface area contributed by atoms with Crippen LogP contribution in [0.3, 0.4) is 0 Å². The number of phenols is 2. The third kappa shape index (κ3) is 3.93. The van der Waals surface area contributed by atoms with Gasteiger partial charge in [0.05, 0.1) is 18.2 Å². The largest absolute Gasteiger partial charge is 0.507 e. The molecule has 0 aliphatic rings. The summed E-state index contributed by atoms with van der Waals surface area (Å²) in [5.41, 5.74) is 5.29. The van der Waals surface area contributed by atoms with Crippen LogP contribution < -0.4 is 0 Å². The maximum absolute atomic E-state index is 12.0. The molecule has 0 aliphatic heterocycles. The minimum Gasteiger partial charge on any atom is -0.507 e. The molecule has 0 aliphatic carbocycles. The predicted octanol–water partition coefficient (Wildman–Crippen LogP) is 6.09. The molecule has 0 bridgehead atoms. The van der Waals surface area contributed by atoms with E-state index >= 15 is 0 Å². The third-order valence-corrected chi connectivity index (χ3v) is 6.14. The summed E-state index contributed by atoms with van der Waals surface area (Å²) in [7, 11) is -0.329. The maximum Gasteiger partial charge on any atom is 0.337 e. The van der Waals surface area contributed by atoms with E-state index in [0.717, 1.165) is 16.2 Å². The number of aromatic hydroxyl groups is 2. The topological polar surface area (TPSA) is 66.8 Å². The van der Waals surface area contributed by atoms with Gasteiger partial charge >= 0.3 is 5.97 Å². The minimum atomic E-state index is -1.67. The quantitative estimate of drug-likeness (QED) is 0.225. The van der Waals surface area contributed by atoms with Crippen molar-refractivity contribution < 1.29 is 19.7 Å². The second kappa shape index (κ2) is 8.06. The smallest absolute Gasteiger partial charge is 0.337 e. The van der Waals surface area contributed by atoms with Crippen molar-refractivity contribution >= 4 is 35.6 Å². The van der Waals surface area contributed by atoms with E-state index in [4.69, 9.17) is 4.74 Å². The molecule has 0 spiro atoms. The summed E-state index contributed by atoms with van der Waals surface area (Å²) in [5.74, 6) is 2.82. The van der Waals surface area contributed by atoms with E-state index in [1.165, 1.54) is 7.11 Å². The highest BCUT2D eigenvalue weighted by Gasteiger charge is 2.20. The zero-order valence-corrected chi connectivity index (χ0v) is 19.5. The van der Waals surface area contributed by atoms with E-state index in [1.807, 2.05) is 30.3 Å². The molecule has 2 N–H and O–H groups in total. The molecule has 0 heterocycles. The monoisotopic (exact) mass is 440 g/mol. The van der Waals surface area contributed by atoms with Gasteiger partial charge in [-0.05, 0) is 45.8 Å². The van der Waals surface area contributed by atoms with Crippen LogP contribution in [0.4, 0.5) is 0 Å². The summed E-state index contributed by atoms with van der Waals surface area (Å²) in [6.07, 6.45) is 0. The van der Waals surface area contributed by atoms with Gasteiger partial charge in [-0.15, -0.1) is 5.54 Å². The summed E-state index contributed by atoms with van der Waals surface area (Å²) in [6, 6.07) is 18.1.